The first-order chi connectivity index (χ1) is 9.61. The number of aromatic nitrogens is 2. The highest BCUT2D eigenvalue weighted by Gasteiger charge is 2.03. The zero-order valence-electron chi connectivity index (χ0n) is 11.2. The zero-order valence-corrected chi connectivity index (χ0v) is 11.2. The molecule has 0 saturated heterocycles. The molecule has 0 aliphatic heterocycles. The summed E-state index contributed by atoms with van der Waals surface area (Å²) in [5.74, 6) is -0.333. The van der Waals surface area contributed by atoms with Crippen molar-refractivity contribution < 1.29 is 4.39 Å². The van der Waals surface area contributed by atoms with E-state index in [2.05, 4.69) is 5.32 Å². The SMILES string of the molecule is CCn1ccc(=O)n(CCNc2cccc(F)c2)c1=O. The molecule has 1 heterocycles. The highest BCUT2D eigenvalue weighted by atomic mass is 19.1. The lowest BCUT2D eigenvalue weighted by Crippen LogP contribution is -2.40. The van der Waals surface area contributed by atoms with Crippen LogP contribution in [0.3, 0.4) is 0 Å². The van der Waals surface area contributed by atoms with Crippen molar-refractivity contribution in [3.05, 3.63) is 63.2 Å². The number of benzene rings is 1. The van der Waals surface area contributed by atoms with Crippen molar-refractivity contribution in [2.45, 2.75) is 20.0 Å². The first kappa shape index (κ1) is 14.0. The molecule has 106 valence electrons. The van der Waals surface area contributed by atoms with Crippen molar-refractivity contribution >= 4 is 5.69 Å². The van der Waals surface area contributed by atoms with Gasteiger partial charge in [-0.25, -0.2) is 9.18 Å². The van der Waals surface area contributed by atoms with Crippen molar-refractivity contribution in [3.8, 4) is 0 Å². The van der Waals surface area contributed by atoms with Gasteiger partial charge in [0.1, 0.15) is 5.82 Å². The van der Waals surface area contributed by atoms with E-state index in [-0.39, 0.29) is 23.6 Å². The van der Waals surface area contributed by atoms with E-state index in [0.29, 0.717) is 18.8 Å². The first-order valence-electron chi connectivity index (χ1n) is 6.41. The van der Waals surface area contributed by atoms with Crippen molar-refractivity contribution in [2.75, 3.05) is 11.9 Å². The number of nitrogens with one attached hydrogen (secondary N) is 1. The molecule has 1 aromatic heterocycles. The maximum atomic E-state index is 13.0. The third kappa shape index (κ3) is 3.14. The summed E-state index contributed by atoms with van der Waals surface area (Å²) in [6.07, 6.45) is 1.49. The average molecular weight is 277 g/mol. The van der Waals surface area contributed by atoms with Gasteiger partial charge in [-0.15, -0.1) is 0 Å². The Labute approximate surface area is 115 Å². The topological polar surface area (TPSA) is 56.0 Å². The molecule has 0 unspecified atom stereocenters. The minimum absolute atomic E-state index is 0.231. The van der Waals surface area contributed by atoms with E-state index in [1.54, 1.807) is 12.1 Å². The minimum atomic E-state index is -0.333. The van der Waals surface area contributed by atoms with Gasteiger partial charge in [-0.2, -0.15) is 0 Å². The third-order valence-electron chi connectivity index (χ3n) is 2.97. The normalized spacial score (nSPS) is 10.5. The third-order valence-corrected chi connectivity index (χ3v) is 2.97. The van der Waals surface area contributed by atoms with Gasteiger partial charge < -0.3 is 9.88 Å². The van der Waals surface area contributed by atoms with Gasteiger partial charge in [0.15, 0.2) is 0 Å². The fourth-order valence-electron chi connectivity index (χ4n) is 1.91. The summed E-state index contributed by atoms with van der Waals surface area (Å²) in [5.41, 5.74) is -0.0495. The predicted molar refractivity (Wildman–Crippen MR) is 75.5 cm³/mol. The Balaban J connectivity index is 2.08. The van der Waals surface area contributed by atoms with Gasteiger partial charge >= 0.3 is 5.69 Å². The van der Waals surface area contributed by atoms with Crippen LogP contribution in [0.1, 0.15) is 6.92 Å². The van der Waals surface area contributed by atoms with Crippen molar-refractivity contribution in [3.63, 3.8) is 0 Å². The maximum Gasteiger partial charge on any atom is 0.331 e. The number of halogens is 1. The second-order valence-electron chi connectivity index (χ2n) is 4.31. The molecule has 0 spiro atoms. The predicted octanol–water partition coefficient (Wildman–Crippen LogP) is 1.28. The van der Waals surface area contributed by atoms with Gasteiger partial charge in [0.05, 0.1) is 0 Å². The van der Waals surface area contributed by atoms with Gasteiger partial charge in [0, 0.05) is 37.6 Å². The first-order valence-corrected chi connectivity index (χ1v) is 6.41. The molecule has 0 amide bonds. The largest absolute Gasteiger partial charge is 0.383 e. The number of nitrogens with zero attached hydrogens (tertiary/aromatic N) is 2. The molecule has 1 aromatic carbocycles. The Morgan fingerprint density at radius 3 is 2.75 bits per heavy atom. The molecule has 0 radical (unpaired) electrons. The van der Waals surface area contributed by atoms with E-state index in [0.717, 1.165) is 4.57 Å². The van der Waals surface area contributed by atoms with E-state index >= 15 is 0 Å². The fraction of sp³-hybridized carbons (Fsp3) is 0.286. The molecule has 20 heavy (non-hydrogen) atoms. The lowest BCUT2D eigenvalue weighted by molar-refractivity contribution is 0.577. The van der Waals surface area contributed by atoms with Crippen molar-refractivity contribution in [1.82, 2.24) is 9.13 Å². The Kier molecular flexibility index (Phi) is 4.34. The molecule has 0 saturated carbocycles. The number of anilines is 1. The van der Waals surface area contributed by atoms with Crippen LogP contribution in [0, 0.1) is 5.82 Å². The summed E-state index contributed by atoms with van der Waals surface area (Å²) in [6, 6.07) is 7.40. The lowest BCUT2D eigenvalue weighted by atomic mass is 10.3. The van der Waals surface area contributed by atoms with Gasteiger partial charge in [0.2, 0.25) is 0 Å². The van der Waals surface area contributed by atoms with E-state index in [4.69, 9.17) is 0 Å². The van der Waals surface area contributed by atoms with Crippen LogP contribution in [-0.2, 0) is 13.1 Å². The van der Waals surface area contributed by atoms with Crippen molar-refractivity contribution in [1.29, 1.82) is 0 Å². The van der Waals surface area contributed by atoms with Gasteiger partial charge in [-0.3, -0.25) is 9.36 Å². The molecular formula is C14H16FN3O2. The Morgan fingerprint density at radius 1 is 1.25 bits per heavy atom. The van der Waals surface area contributed by atoms with E-state index in [1.165, 1.54) is 29.0 Å². The molecule has 0 atom stereocenters. The van der Waals surface area contributed by atoms with Crippen LogP contribution in [-0.4, -0.2) is 15.7 Å². The minimum Gasteiger partial charge on any atom is -0.383 e. The summed E-state index contributed by atoms with van der Waals surface area (Å²) in [4.78, 5) is 23.6. The molecule has 0 fully saturated rings. The molecule has 2 aromatic rings. The Bertz CT molecular complexity index is 706. The van der Waals surface area contributed by atoms with Gasteiger partial charge in [-0.05, 0) is 25.1 Å². The second kappa shape index (κ2) is 6.18. The monoisotopic (exact) mass is 277 g/mol. The highest BCUT2D eigenvalue weighted by Crippen LogP contribution is 2.08. The van der Waals surface area contributed by atoms with Crippen LogP contribution in [0.25, 0.3) is 0 Å². The summed E-state index contributed by atoms with van der Waals surface area (Å²) in [6.45, 7) is 2.94. The van der Waals surface area contributed by atoms with E-state index < -0.39 is 0 Å². The summed E-state index contributed by atoms with van der Waals surface area (Å²) in [5, 5.41) is 2.98. The van der Waals surface area contributed by atoms with Crippen LogP contribution in [0.2, 0.25) is 0 Å². The summed E-state index contributed by atoms with van der Waals surface area (Å²) < 4.78 is 15.6. The molecule has 0 aliphatic rings. The Morgan fingerprint density at radius 2 is 2.05 bits per heavy atom. The number of rotatable bonds is 5. The molecule has 0 bridgehead atoms. The maximum absolute atomic E-state index is 13.0. The molecule has 1 N–H and O–H groups in total. The van der Waals surface area contributed by atoms with Crippen LogP contribution >= 0.6 is 0 Å². The lowest BCUT2D eigenvalue weighted by Gasteiger charge is -2.09. The smallest absolute Gasteiger partial charge is 0.331 e. The molecule has 5 nitrogen and oxygen atoms in total. The standard InChI is InChI=1S/C14H16FN3O2/c1-2-17-8-6-13(19)18(14(17)20)9-7-16-12-5-3-4-11(15)10-12/h3-6,8,10,16H,2,7,9H2,1H3. The fourth-order valence-corrected chi connectivity index (χ4v) is 1.91. The van der Waals surface area contributed by atoms with E-state index in [1.807, 2.05) is 6.92 Å². The van der Waals surface area contributed by atoms with Crippen LogP contribution in [0.5, 0.6) is 0 Å². The van der Waals surface area contributed by atoms with Gasteiger partial charge in [0.25, 0.3) is 5.56 Å². The van der Waals surface area contributed by atoms with Crippen LogP contribution < -0.4 is 16.6 Å². The quantitative estimate of drug-likeness (QED) is 0.895. The summed E-state index contributed by atoms with van der Waals surface area (Å²) >= 11 is 0. The van der Waals surface area contributed by atoms with E-state index in [9.17, 15) is 14.0 Å². The van der Waals surface area contributed by atoms with Crippen molar-refractivity contribution in [2.24, 2.45) is 0 Å². The molecule has 2 rings (SSSR count). The second-order valence-corrected chi connectivity index (χ2v) is 4.31. The zero-order chi connectivity index (χ0) is 14.5. The average Bonchev–Trinajstić information content (AvgIpc) is 2.43. The van der Waals surface area contributed by atoms with Crippen LogP contribution in [0.4, 0.5) is 10.1 Å². The molecular weight excluding hydrogens is 261 g/mol. The number of hydrogen-bond donors (Lipinski definition) is 1. The van der Waals surface area contributed by atoms with Crippen LogP contribution in [0.15, 0.2) is 46.1 Å². The highest BCUT2D eigenvalue weighted by molar-refractivity contribution is 5.42. The van der Waals surface area contributed by atoms with Gasteiger partial charge in [-0.1, -0.05) is 6.07 Å². The molecule has 0 aliphatic carbocycles. The number of hydrogen-bond acceptors (Lipinski definition) is 3. The Hall–Kier alpha value is -2.37. The molecule has 6 heteroatoms. The summed E-state index contributed by atoms with van der Waals surface area (Å²) in [7, 11) is 0. The number of aryl methyl sites for hydroxylation is 1.